The van der Waals surface area contributed by atoms with Gasteiger partial charge in [0.1, 0.15) is 18.9 Å². The van der Waals surface area contributed by atoms with E-state index >= 15 is 0 Å². The molecular formula is C48H67N5O11. The van der Waals surface area contributed by atoms with Crippen LogP contribution in [-0.2, 0) is 47.7 Å². The molecule has 0 aliphatic carbocycles. The van der Waals surface area contributed by atoms with Crippen molar-refractivity contribution in [3.05, 3.63) is 74.5 Å². The van der Waals surface area contributed by atoms with Gasteiger partial charge < -0.3 is 58.1 Å². The van der Waals surface area contributed by atoms with Crippen molar-refractivity contribution >= 4 is 44.2 Å². The van der Waals surface area contributed by atoms with Gasteiger partial charge in [-0.05, 0) is 91.8 Å². The summed E-state index contributed by atoms with van der Waals surface area (Å²) < 4.78 is 45.2. The maximum absolute atomic E-state index is 14.7. The van der Waals surface area contributed by atoms with Crippen LogP contribution in [0.25, 0.3) is 44.2 Å². The molecule has 3 aromatic heterocycles. The summed E-state index contributed by atoms with van der Waals surface area (Å²) >= 11 is 0. The van der Waals surface area contributed by atoms with Crippen molar-refractivity contribution in [2.24, 2.45) is 0 Å². The smallest absolute Gasteiger partial charge is 0.228 e. The Labute approximate surface area is 375 Å². The second kappa shape index (κ2) is 26.9. The quantitative estimate of drug-likeness (QED) is 0.0478. The van der Waals surface area contributed by atoms with Crippen molar-refractivity contribution in [2.45, 2.75) is 66.2 Å². The molecular weight excluding hydrogens is 823 g/mol. The summed E-state index contributed by atoms with van der Waals surface area (Å²) in [4.78, 5) is 36.7. The number of benzene rings is 1. The third-order valence-corrected chi connectivity index (χ3v) is 10.9. The molecule has 0 amide bonds. The van der Waals surface area contributed by atoms with Crippen LogP contribution in [0.1, 0.15) is 73.7 Å². The van der Waals surface area contributed by atoms with E-state index in [1.54, 1.807) is 38.7 Å². The number of hydrogen-bond donors (Lipinski definition) is 4. The van der Waals surface area contributed by atoms with Gasteiger partial charge in [-0.3, -0.25) is 14.8 Å². The summed E-state index contributed by atoms with van der Waals surface area (Å²) in [6.07, 6.45) is 6.93. The number of nitrogens with one attached hydrogen (secondary N) is 2. The van der Waals surface area contributed by atoms with Gasteiger partial charge >= 0.3 is 0 Å². The molecule has 5 rings (SSSR count). The Bertz CT molecular complexity index is 2360. The highest BCUT2D eigenvalue weighted by Crippen LogP contribution is 2.34. The van der Waals surface area contributed by atoms with Gasteiger partial charge in [0.05, 0.1) is 106 Å². The van der Waals surface area contributed by atoms with E-state index in [0.717, 1.165) is 50.0 Å². The molecule has 0 unspecified atom stereocenters. The van der Waals surface area contributed by atoms with E-state index in [1.165, 1.54) is 0 Å². The Hall–Kier alpha value is -4.78. The lowest BCUT2D eigenvalue weighted by atomic mass is 10.0. The summed E-state index contributed by atoms with van der Waals surface area (Å²) in [5.74, 6) is 0.857. The third-order valence-electron chi connectivity index (χ3n) is 10.9. The highest BCUT2D eigenvalue weighted by molar-refractivity contribution is 5.92. The van der Waals surface area contributed by atoms with Crippen LogP contribution in [0.2, 0.25) is 0 Å². The van der Waals surface area contributed by atoms with Gasteiger partial charge in [-0.1, -0.05) is 13.8 Å². The van der Waals surface area contributed by atoms with Crippen molar-refractivity contribution in [1.82, 2.24) is 24.9 Å². The molecule has 6 bridgehead atoms. The Morgan fingerprint density at radius 1 is 0.594 bits per heavy atom. The van der Waals surface area contributed by atoms with Crippen LogP contribution < -0.4 is 14.9 Å². The van der Waals surface area contributed by atoms with Crippen LogP contribution in [0.5, 0.6) is 11.5 Å². The molecule has 4 aromatic rings. The van der Waals surface area contributed by atoms with Crippen molar-refractivity contribution in [3.63, 3.8) is 0 Å². The Morgan fingerprint density at radius 3 is 1.66 bits per heavy atom. The van der Waals surface area contributed by atoms with Gasteiger partial charge in [0.15, 0.2) is 11.5 Å². The predicted octanol–water partition coefficient (Wildman–Crippen LogP) is 6.09. The number of nitrogens with zero attached hydrogens (tertiary/aromatic N) is 3. The first-order chi connectivity index (χ1) is 31.3. The zero-order valence-corrected chi connectivity index (χ0v) is 38.4. The van der Waals surface area contributed by atoms with Crippen molar-refractivity contribution in [2.75, 3.05) is 107 Å². The molecule has 0 saturated carbocycles. The van der Waals surface area contributed by atoms with Crippen LogP contribution in [0.4, 0.5) is 0 Å². The molecule has 350 valence electrons. The number of ether oxygens (including phenoxy) is 8. The topological polar surface area (TPSA) is 202 Å². The summed E-state index contributed by atoms with van der Waals surface area (Å²) in [6.45, 7) is 12.8. The molecule has 1 aliphatic rings. The lowest BCUT2D eigenvalue weighted by Gasteiger charge is -2.14. The lowest BCUT2D eigenvalue weighted by Crippen LogP contribution is -2.14. The lowest BCUT2D eigenvalue weighted by molar-refractivity contribution is 0.0160. The van der Waals surface area contributed by atoms with E-state index in [-0.39, 0.29) is 31.9 Å². The predicted molar refractivity (Wildman–Crippen MR) is 248 cm³/mol. The van der Waals surface area contributed by atoms with E-state index in [0.29, 0.717) is 144 Å². The van der Waals surface area contributed by atoms with E-state index < -0.39 is 0 Å². The fraction of sp³-hybridized carbons (Fsp3) is 0.542. The summed E-state index contributed by atoms with van der Waals surface area (Å²) in [5, 5.41) is 19.7. The average molecular weight is 890 g/mol. The van der Waals surface area contributed by atoms with Gasteiger partial charge in [-0.15, -0.1) is 0 Å². The van der Waals surface area contributed by atoms with Gasteiger partial charge in [0.2, 0.25) is 5.43 Å². The molecule has 16 nitrogen and oxygen atoms in total. The zero-order valence-electron chi connectivity index (χ0n) is 38.4. The number of aromatic amines is 2. The minimum atomic E-state index is -0.206. The van der Waals surface area contributed by atoms with E-state index in [4.69, 9.17) is 52.8 Å². The van der Waals surface area contributed by atoms with Crippen LogP contribution in [0.15, 0.2) is 35.4 Å². The maximum atomic E-state index is 14.7. The first-order valence-electron chi connectivity index (χ1n) is 22.3. The summed E-state index contributed by atoms with van der Waals surface area (Å²) in [6, 6.07) is 5.62. The molecule has 4 N–H and O–H groups in total. The number of hydrogen-bond acceptors (Lipinski definition) is 14. The highest BCUT2D eigenvalue weighted by atomic mass is 16.6. The number of aliphatic hydroxyl groups is 2. The van der Waals surface area contributed by atoms with Gasteiger partial charge in [0.25, 0.3) is 0 Å². The number of aromatic nitrogens is 5. The second-order valence-electron chi connectivity index (χ2n) is 15.1. The van der Waals surface area contributed by atoms with Gasteiger partial charge in [-0.25, -0.2) is 4.98 Å². The number of H-pyrrole nitrogens is 2. The first kappa shape index (κ1) is 50.2. The number of methoxy groups -OCH3 is 2. The third kappa shape index (κ3) is 13.6. The van der Waals surface area contributed by atoms with Gasteiger partial charge in [0, 0.05) is 50.6 Å². The molecule has 0 fully saturated rings. The molecule has 0 spiro atoms. The molecule has 1 aliphatic heterocycles. The number of aliphatic hydroxyl groups excluding tert-OH is 2. The Balaban J connectivity index is 1.69. The van der Waals surface area contributed by atoms with Gasteiger partial charge in [-0.2, -0.15) is 0 Å². The first-order valence-corrected chi connectivity index (χ1v) is 22.3. The van der Waals surface area contributed by atoms with Crippen LogP contribution >= 0.6 is 0 Å². The SMILES string of the molecule is CCc1c(CC)c2[nH]c1cc1[nH]c(cnc3cc(OCCOCCOCCOC)c(OCCOCCOCCOC)cc3ncc3nc(c2=O)C(CCCO)=C3C)c(C)c1CCCO. The minimum Gasteiger partial charge on any atom is -0.487 e. The molecule has 16 heteroatoms. The number of allylic oxidation sites excluding steroid dienone is 2. The number of fused-ring (bicyclic) bond motifs is 7. The van der Waals surface area contributed by atoms with Crippen molar-refractivity contribution in [3.8, 4) is 11.5 Å². The molecule has 4 heterocycles. The maximum Gasteiger partial charge on any atom is 0.228 e. The summed E-state index contributed by atoms with van der Waals surface area (Å²) in [7, 11) is 3.26. The Morgan fingerprint density at radius 2 is 1.11 bits per heavy atom. The Kier molecular flexibility index (Phi) is 21.1. The number of aryl methyl sites for hydroxylation is 4. The average Bonchev–Trinajstić information content (AvgIpc) is 3.93. The number of rotatable bonds is 28. The largest absolute Gasteiger partial charge is 0.487 e. The molecule has 0 saturated heterocycles. The molecule has 0 radical (unpaired) electrons. The monoisotopic (exact) mass is 889 g/mol. The van der Waals surface area contributed by atoms with Crippen LogP contribution in [-0.4, -0.2) is 142 Å². The van der Waals surface area contributed by atoms with Crippen LogP contribution in [0, 0.1) is 6.92 Å². The standard InChI is InChI=1S/C48H67N5O11/c1-7-34-35(8-2)46-48(56)47-37(12-10-14-55)33(4)43(53-47)31-50-41-29-45(64-26-24-62-22-20-60-18-16-58-6)44(63-25-23-61-21-19-59-17-15-57-5)28-40(41)49-30-42-32(3)36(11-9-13-54)39(51-42)27-38(34)52-46/h27-31,51-52,54-55H,7-26H2,1-6H3. The molecule has 0 atom stereocenters. The molecule has 64 heavy (non-hydrogen) atoms. The summed E-state index contributed by atoms with van der Waals surface area (Å²) in [5.41, 5.74) is 10.2. The highest BCUT2D eigenvalue weighted by Gasteiger charge is 2.22. The normalized spacial score (nSPS) is 12.1. The van der Waals surface area contributed by atoms with Crippen LogP contribution in [0.3, 0.4) is 0 Å². The zero-order chi connectivity index (χ0) is 45.7. The molecule has 1 aromatic carbocycles. The minimum absolute atomic E-state index is 0.0270. The van der Waals surface area contributed by atoms with Crippen molar-refractivity contribution < 1.29 is 48.1 Å². The van der Waals surface area contributed by atoms with E-state index in [2.05, 4.69) is 29.9 Å². The van der Waals surface area contributed by atoms with E-state index in [9.17, 15) is 15.0 Å². The van der Waals surface area contributed by atoms with E-state index in [1.807, 2.05) is 13.8 Å². The fourth-order valence-electron chi connectivity index (χ4n) is 7.55. The second-order valence-corrected chi connectivity index (χ2v) is 15.1. The fourth-order valence-corrected chi connectivity index (χ4v) is 7.55. The van der Waals surface area contributed by atoms with Crippen molar-refractivity contribution in [1.29, 1.82) is 0 Å².